The van der Waals surface area contributed by atoms with Crippen molar-refractivity contribution in [3.8, 4) is 0 Å². The molecule has 1 aliphatic carbocycles. The van der Waals surface area contributed by atoms with Crippen LogP contribution in [0.4, 0.5) is 0 Å². The van der Waals surface area contributed by atoms with Crippen LogP contribution in [-0.2, 0) is 21.4 Å². The maximum atomic E-state index is 12.6. The normalized spacial score (nSPS) is 26.2. The van der Waals surface area contributed by atoms with Crippen molar-refractivity contribution in [2.24, 2.45) is 0 Å². The van der Waals surface area contributed by atoms with Crippen molar-refractivity contribution in [3.63, 3.8) is 0 Å². The van der Waals surface area contributed by atoms with E-state index in [0.29, 0.717) is 11.8 Å². The molecule has 3 aliphatic rings. The molecule has 2 aliphatic heterocycles. The third kappa shape index (κ3) is 3.09. The van der Waals surface area contributed by atoms with Crippen LogP contribution < -0.4 is 5.32 Å². The minimum atomic E-state index is 0.0533. The number of morpholine rings is 1. The summed E-state index contributed by atoms with van der Waals surface area (Å²) in [6.07, 6.45) is 6.58. The van der Waals surface area contributed by atoms with Gasteiger partial charge < -0.3 is 15.0 Å². The summed E-state index contributed by atoms with van der Waals surface area (Å²) in [5.41, 5.74) is 3.41. The van der Waals surface area contributed by atoms with E-state index in [-0.39, 0.29) is 12.0 Å². The minimum Gasteiger partial charge on any atom is -0.375 e. The number of piperidine rings is 1. The van der Waals surface area contributed by atoms with E-state index >= 15 is 0 Å². The van der Waals surface area contributed by atoms with Gasteiger partial charge in [-0.15, -0.1) is 0 Å². The van der Waals surface area contributed by atoms with E-state index < -0.39 is 0 Å². The molecule has 0 bridgehead atoms. The SMILES string of the molecule is O=C(C[C@H]1CNCCO1)N1CCC2(CCCc3ccccc32)CC1. The molecule has 0 unspecified atom stereocenters. The van der Waals surface area contributed by atoms with E-state index in [4.69, 9.17) is 4.74 Å². The summed E-state index contributed by atoms with van der Waals surface area (Å²) in [6, 6.07) is 8.96. The van der Waals surface area contributed by atoms with Crippen LogP contribution in [0.25, 0.3) is 0 Å². The van der Waals surface area contributed by atoms with Gasteiger partial charge in [0.25, 0.3) is 0 Å². The topological polar surface area (TPSA) is 41.6 Å². The number of amides is 1. The maximum Gasteiger partial charge on any atom is 0.225 e. The molecule has 0 aromatic heterocycles. The molecule has 0 radical (unpaired) electrons. The molecule has 4 nitrogen and oxygen atoms in total. The number of likely N-dealkylation sites (tertiary alicyclic amines) is 1. The molecule has 130 valence electrons. The Morgan fingerprint density at radius 1 is 1.25 bits per heavy atom. The summed E-state index contributed by atoms with van der Waals surface area (Å²) in [5.74, 6) is 0.266. The molecule has 2 heterocycles. The largest absolute Gasteiger partial charge is 0.375 e. The van der Waals surface area contributed by atoms with Crippen LogP contribution in [-0.4, -0.2) is 49.7 Å². The van der Waals surface area contributed by atoms with Gasteiger partial charge in [0, 0.05) is 26.2 Å². The van der Waals surface area contributed by atoms with E-state index in [0.717, 1.165) is 45.6 Å². The lowest BCUT2D eigenvalue weighted by molar-refractivity contribution is -0.136. The van der Waals surface area contributed by atoms with Gasteiger partial charge in [-0.2, -0.15) is 0 Å². The van der Waals surface area contributed by atoms with Crippen molar-refractivity contribution >= 4 is 5.91 Å². The quantitative estimate of drug-likeness (QED) is 0.905. The standard InChI is InChI=1S/C20H28N2O2/c23-19(14-17-15-21-10-13-24-17)22-11-8-20(9-12-22)7-3-5-16-4-1-2-6-18(16)20/h1-2,4,6,17,21H,3,5,7-15H2/t17-/m0/s1. The van der Waals surface area contributed by atoms with Crippen LogP contribution in [0, 0.1) is 0 Å². The van der Waals surface area contributed by atoms with Crippen molar-refractivity contribution in [2.45, 2.75) is 50.0 Å². The molecule has 1 N–H and O–H groups in total. The highest BCUT2D eigenvalue weighted by molar-refractivity contribution is 5.77. The second-order valence-electron chi connectivity index (χ2n) is 7.57. The van der Waals surface area contributed by atoms with Crippen LogP contribution in [0.3, 0.4) is 0 Å². The van der Waals surface area contributed by atoms with Gasteiger partial charge in [0.1, 0.15) is 0 Å². The zero-order chi connectivity index (χ0) is 16.4. The number of nitrogens with zero attached hydrogens (tertiary/aromatic N) is 1. The first-order valence-corrected chi connectivity index (χ1v) is 9.45. The average Bonchev–Trinajstić information content (AvgIpc) is 2.64. The highest BCUT2D eigenvalue weighted by Crippen LogP contribution is 2.44. The van der Waals surface area contributed by atoms with Gasteiger partial charge in [-0.1, -0.05) is 24.3 Å². The average molecular weight is 328 g/mol. The fraction of sp³-hybridized carbons (Fsp3) is 0.650. The van der Waals surface area contributed by atoms with Gasteiger partial charge in [-0.05, 0) is 48.6 Å². The summed E-state index contributed by atoms with van der Waals surface area (Å²) in [5, 5.41) is 3.30. The summed E-state index contributed by atoms with van der Waals surface area (Å²) < 4.78 is 5.69. The number of carbonyl (C=O) groups is 1. The van der Waals surface area contributed by atoms with E-state index in [1.165, 1.54) is 24.8 Å². The van der Waals surface area contributed by atoms with Crippen molar-refractivity contribution in [3.05, 3.63) is 35.4 Å². The number of carbonyl (C=O) groups excluding carboxylic acids is 1. The first-order valence-electron chi connectivity index (χ1n) is 9.45. The van der Waals surface area contributed by atoms with Crippen molar-refractivity contribution in [1.82, 2.24) is 10.2 Å². The fourth-order valence-electron chi connectivity index (χ4n) is 4.79. The number of aryl methyl sites for hydroxylation is 1. The molecule has 4 heteroatoms. The number of fused-ring (bicyclic) bond motifs is 2. The molecule has 1 aromatic carbocycles. The minimum absolute atomic E-state index is 0.0533. The Balaban J connectivity index is 1.39. The Morgan fingerprint density at radius 3 is 2.88 bits per heavy atom. The van der Waals surface area contributed by atoms with Crippen LogP contribution in [0.5, 0.6) is 0 Å². The first-order chi connectivity index (χ1) is 11.8. The molecule has 4 rings (SSSR count). The lowest BCUT2D eigenvalue weighted by Crippen LogP contribution is -2.48. The van der Waals surface area contributed by atoms with Gasteiger partial charge in [0.2, 0.25) is 5.91 Å². The van der Waals surface area contributed by atoms with Crippen molar-refractivity contribution in [2.75, 3.05) is 32.8 Å². The number of benzene rings is 1. The molecule has 0 saturated carbocycles. The highest BCUT2D eigenvalue weighted by atomic mass is 16.5. The number of hydrogen-bond donors (Lipinski definition) is 1. The lowest BCUT2D eigenvalue weighted by atomic mass is 9.65. The molecule has 1 atom stereocenters. The molecular weight excluding hydrogens is 300 g/mol. The van der Waals surface area contributed by atoms with Crippen molar-refractivity contribution in [1.29, 1.82) is 0 Å². The second-order valence-corrected chi connectivity index (χ2v) is 7.57. The van der Waals surface area contributed by atoms with E-state index in [1.54, 1.807) is 5.56 Å². The highest BCUT2D eigenvalue weighted by Gasteiger charge is 2.40. The molecule has 1 spiro atoms. The number of nitrogens with one attached hydrogen (secondary N) is 1. The predicted octanol–water partition coefficient (Wildman–Crippen LogP) is 2.26. The number of rotatable bonds is 2. The predicted molar refractivity (Wildman–Crippen MR) is 94.1 cm³/mol. The van der Waals surface area contributed by atoms with Gasteiger partial charge in [-0.3, -0.25) is 4.79 Å². The van der Waals surface area contributed by atoms with Crippen LogP contribution >= 0.6 is 0 Å². The molecule has 1 aromatic rings. The van der Waals surface area contributed by atoms with Gasteiger partial charge in [0.15, 0.2) is 0 Å². The number of ether oxygens (including phenoxy) is 1. The zero-order valence-corrected chi connectivity index (χ0v) is 14.4. The molecule has 2 fully saturated rings. The molecule has 24 heavy (non-hydrogen) atoms. The number of hydrogen-bond acceptors (Lipinski definition) is 3. The zero-order valence-electron chi connectivity index (χ0n) is 14.4. The molecular formula is C20H28N2O2. The molecule has 1 amide bonds. The summed E-state index contributed by atoms with van der Waals surface area (Å²) >= 11 is 0. The molecule has 2 saturated heterocycles. The van der Waals surface area contributed by atoms with Crippen molar-refractivity contribution < 1.29 is 9.53 Å². The van der Waals surface area contributed by atoms with Gasteiger partial charge >= 0.3 is 0 Å². The van der Waals surface area contributed by atoms with Crippen LogP contribution in [0.15, 0.2) is 24.3 Å². The smallest absolute Gasteiger partial charge is 0.225 e. The van der Waals surface area contributed by atoms with E-state index in [1.807, 2.05) is 0 Å². The third-order valence-corrected chi connectivity index (χ3v) is 6.17. The first kappa shape index (κ1) is 16.1. The summed E-state index contributed by atoms with van der Waals surface area (Å²) in [6.45, 7) is 4.21. The fourth-order valence-corrected chi connectivity index (χ4v) is 4.79. The van der Waals surface area contributed by atoms with E-state index in [2.05, 4.69) is 34.5 Å². The summed E-state index contributed by atoms with van der Waals surface area (Å²) in [7, 11) is 0. The third-order valence-electron chi connectivity index (χ3n) is 6.17. The second kappa shape index (κ2) is 6.85. The van der Waals surface area contributed by atoms with E-state index in [9.17, 15) is 4.79 Å². The lowest BCUT2D eigenvalue weighted by Gasteiger charge is -2.45. The van der Waals surface area contributed by atoms with Gasteiger partial charge in [-0.25, -0.2) is 0 Å². The summed E-state index contributed by atoms with van der Waals surface area (Å²) in [4.78, 5) is 14.7. The Hall–Kier alpha value is -1.39. The Bertz CT molecular complexity index is 587. The van der Waals surface area contributed by atoms with Gasteiger partial charge in [0.05, 0.1) is 19.1 Å². The van der Waals surface area contributed by atoms with Crippen LogP contribution in [0.1, 0.15) is 43.2 Å². The Kier molecular flexibility index (Phi) is 4.59. The maximum absolute atomic E-state index is 12.6. The Labute approximate surface area is 144 Å². The monoisotopic (exact) mass is 328 g/mol. The van der Waals surface area contributed by atoms with Crippen LogP contribution in [0.2, 0.25) is 0 Å². The Morgan fingerprint density at radius 2 is 2.08 bits per heavy atom.